The van der Waals surface area contributed by atoms with E-state index < -0.39 is 10.0 Å². The summed E-state index contributed by atoms with van der Waals surface area (Å²) in [5.41, 5.74) is 0.921. The van der Waals surface area contributed by atoms with Gasteiger partial charge in [-0.1, -0.05) is 30.3 Å². The average molecular weight is 350 g/mol. The van der Waals surface area contributed by atoms with E-state index in [1.807, 2.05) is 36.4 Å². The monoisotopic (exact) mass is 350 g/mol. The normalized spacial score (nSPS) is 12.1. The Bertz CT molecular complexity index is 728. The highest BCUT2D eigenvalue weighted by atomic mass is 32.2. The molecule has 130 valence electrons. The number of hydrogen-bond acceptors (Lipinski definition) is 4. The minimum absolute atomic E-state index is 0.0404. The molecule has 0 unspecified atom stereocenters. The molecule has 3 N–H and O–H groups in total. The Kier molecular flexibility index (Phi) is 6.83. The maximum Gasteiger partial charge on any atom is 0.213 e. The van der Waals surface area contributed by atoms with Crippen LogP contribution in [-0.2, 0) is 23.1 Å². The Labute approximate surface area is 142 Å². The molecule has 7 nitrogen and oxygen atoms in total. The van der Waals surface area contributed by atoms with Gasteiger partial charge >= 0.3 is 0 Å². The van der Waals surface area contributed by atoms with E-state index in [-0.39, 0.29) is 18.8 Å². The first-order valence-electron chi connectivity index (χ1n) is 7.57. The molecule has 0 spiro atoms. The van der Waals surface area contributed by atoms with Gasteiger partial charge in [-0.3, -0.25) is 4.99 Å². The third kappa shape index (κ3) is 6.43. The molecule has 0 radical (unpaired) electrons. The van der Waals surface area contributed by atoms with Crippen molar-refractivity contribution in [2.75, 3.05) is 19.3 Å². The van der Waals surface area contributed by atoms with Crippen LogP contribution in [0.15, 0.2) is 58.1 Å². The summed E-state index contributed by atoms with van der Waals surface area (Å²) in [7, 11) is -1.73. The standard InChI is InChI=1S/C16H22N4O3S/c1-17-16(19-13-15-8-5-10-23-15)18-9-11-24(21,22)20-12-14-6-3-2-4-7-14/h2-8,10,20H,9,11-13H2,1H3,(H2,17,18,19). The molecule has 0 bridgehead atoms. The Hall–Kier alpha value is -2.32. The van der Waals surface area contributed by atoms with Crippen LogP contribution < -0.4 is 15.4 Å². The van der Waals surface area contributed by atoms with Gasteiger partial charge in [-0.2, -0.15) is 0 Å². The van der Waals surface area contributed by atoms with Crippen molar-refractivity contribution >= 4 is 16.0 Å². The maximum absolute atomic E-state index is 12.0. The van der Waals surface area contributed by atoms with Crippen LogP contribution in [0.4, 0.5) is 0 Å². The quantitative estimate of drug-likeness (QED) is 0.489. The molecule has 0 fully saturated rings. The van der Waals surface area contributed by atoms with Gasteiger partial charge in [0.05, 0.1) is 18.6 Å². The van der Waals surface area contributed by atoms with E-state index >= 15 is 0 Å². The predicted molar refractivity (Wildman–Crippen MR) is 94.0 cm³/mol. The zero-order valence-electron chi connectivity index (χ0n) is 13.5. The molecule has 0 aliphatic carbocycles. The van der Waals surface area contributed by atoms with Gasteiger partial charge < -0.3 is 15.1 Å². The number of sulfonamides is 1. The fourth-order valence-electron chi connectivity index (χ4n) is 1.97. The highest BCUT2D eigenvalue weighted by Gasteiger charge is 2.10. The second-order valence-corrected chi connectivity index (χ2v) is 6.98. The van der Waals surface area contributed by atoms with Crippen LogP contribution in [0.3, 0.4) is 0 Å². The van der Waals surface area contributed by atoms with Gasteiger partial charge in [-0.25, -0.2) is 13.1 Å². The topological polar surface area (TPSA) is 95.7 Å². The Morgan fingerprint density at radius 3 is 2.54 bits per heavy atom. The summed E-state index contributed by atoms with van der Waals surface area (Å²) < 4.78 is 31.8. The lowest BCUT2D eigenvalue weighted by Gasteiger charge is -2.11. The molecule has 8 heteroatoms. The van der Waals surface area contributed by atoms with Crippen LogP contribution >= 0.6 is 0 Å². The SMILES string of the molecule is CN=C(NCCS(=O)(=O)NCc1ccccc1)NCc1ccco1. The summed E-state index contributed by atoms with van der Waals surface area (Å²) in [6.07, 6.45) is 1.60. The van der Waals surface area contributed by atoms with E-state index in [4.69, 9.17) is 4.42 Å². The minimum atomic E-state index is -3.36. The number of rotatable bonds is 8. The number of hydrogen-bond donors (Lipinski definition) is 3. The lowest BCUT2D eigenvalue weighted by molar-refractivity contribution is 0.501. The second-order valence-electron chi connectivity index (χ2n) is 5.06. The van der Waals surface area contributed by atoms with Crippen molar-refractivity contribution in [3.05, 3.63) is 60.1 Å². The predicted octanol–water partition coefficient (Wildman–Crippen LogP) is 1.06. The summed E-state index contributed by atoms with van der Waals surface area (Å²) in [6, 6.07) is 13.0. The molecule has 0 atom stereocenters. The Balaban J connectivity index is 1.70. The molecule has 0 aliphatic heterocycles. The van der Waals surface area contributed by atoms with E-state index in [2.05, 4.69) is 20.3 Å². The Morgan fingerprint density at radius 1 is 1.08 bits per heavy atom. The van der Waals surface area contributed by atoms with Crippen molar-refractivity contribution in [2.45, 2.75) is 13.1 Å². The third-order valence-electron chi connectivity index (χ3n) is 3.24. The van der Waals surface area contributed by atoms with Crippen molar-refractivity contribution in [2.24, 2.45) is 4.99 Å². The van der Waals surface area contributed by atoms with Crippen molar-refractivity contribution in [1.29, 1.82) is 0 Å². The van der Waals surface area contributed by atoms with Crippen LogP contribution in [0.5, 0.6) is 0 Å². The van der Waals surface area contributed by atoms with E-state index in [9.17, 15) is 8.42 Å². The van der Waals surface area contributed by atoms with Crippen LogP contribution in [0.2, 0.25) is 0 Å². The molecule has 0 saturated carbocycles. The first kappa shape index (κ1) is 18.0. The lowest BCUT2D eigenvalue weighted by atomic mass is 10.2. The summed E-state index contributed by atoms with van der Waals surface area (Å²) in [5, 5.41) is 6.01. The molecule has 1 aromatic carbocycles. The van der Waals surface area contributed by atoms with Crippen molar-refractivity contribution in [3.63, 3.8) is 0 Å². The molecule has 1 aromatic heterocycles. The van der Waals surface area contributed by atoms with Gasteiger partial charge in [0, 0.05) is 20.1 Å². The van der Waals surface area contributed by atoms with Crippen LogP contribution in [0.25, 0.3) is 0 Å². The zero-order valence-corrected chi connectivity index (χ0v) is 14.3. The molecule has 0 saturated heterocycles. The lowest BCUT2D eigenvalue weighted by Crippen LogP contribution is -2.40. The number of guanidine groups is 1. The maximum atomic E-state index is 12.0. The van der Waals surface area contributed by atoms with E-state index in [1.54, 1.807) is 19.4 Å². The van der Waals surface area contributed by atoms with Crippen LogP contribution in [0.1, 0.15) is 11.3 Å². The number of benzene rings is 1. The van der Waals surface area contributed by atoms with Crippen LogP contribution in [-0.4, -0.2) is 33.7 Å². The van der Waals surface area contributed by atoms with E-state index in [1.165, 1.54) is 0 Å². The van der Waals surface area contributed by atoms with E-state index in [0.29, 0.717) is 12.5 Å². The summed E-state index contributed by atoms with van der Waals surface area (Å²) in [6.45, 7) is 1.02. The molecule has 24 heavy (non-hydrogen) atoms. The van der Waals surface area contributed by atoms with Crippen molar-refractivity contribution < 1.29 is 12.8 Å². The molecule has 0 amide bonds. The molecule has 1 heterocycles. The fourth-order valence-corrected chi connectivity index (χ4v) is 2.87. The molecule has 2 rings (SSSR count). The summed E-state index contributed by atoms with van der Waals surface area (Å²) >= 11 is 0. The van der Waals surface area contributed by atoms with Crippen molar-refractivity contribution in [3.8, 4) is 0 Å². The Morgan fingerprint density at radius 2 is 1.88 bits per heavy atom. The van der Waals surface area contributed by atoms with Crippen LogP contribution in [0, 0.1) is 0 Å². The van der Waals surface area contributed by atoms with Gasteiger partial charge in [0.15, 0.2) is 5.96 Å². The first-order chi connectivity index (χ1) is 11.6. The summed E-state index contributed by atoms with van der Waals surface area (Å²) in [5.74, 6) is 1.25. The van der Waals surface area contributed by atoms with Crippen molar-refractivity contribution in [1.82, 2.24) is 15.4 Å². The molecule has 0 aliphatic rings. The number of furan rings is 1. The second kappa shape index (κ2) is 9.09. The zero-order chi connectivity index (χ0) is 17.3. The van der Waals surface area contributed by atoms with Gasteiger partial charge in [0.2, 0.25) is 10.0 Å². The number of nitrogens with zero attached hydrogens (tertiary/aromatic N) is 1. The number of nitrogens with one attached hydrogen (secondary N) is 3. The molecule has 2 aromatic rings. The first-order valence-corrected chi connectivity index (χ1v) is 9.22. The molecular formula is C16H22N4O3S. The van der Waals surface area contributed by atoms with Gasteiger partial charge in [-0.15, -0.1) is 0 Å². The highest BCUT2D eigenvalue weighted by molar-refractivity contribution is 7.89. The van der Waals surface area contributed by atoms with Gasteiger partial charge in [0.25, 0.3) is 0 Å². The number of aliphatic imine (C=N–C) groups is 1. The van der Waals surface area contributed by atoms with Gasteiger partial charge in [-0.05, 0) is 17.7 Å². The summed E-state index contributed by atoms with van der Waals surface area (Å²) in [4.78, 5) is 4.04. The largest absolute Gasteiger partial charge is 0.467 e. The molecular weight excluding hydrogens is 328 g/mol. The van der Waals surface area contributed by atoms with Gasteiger partial charge in [0.1, 0.15) is 5.76 Å². The minimum Gasteiger partial charge on any atom is -0.467 e. The smallest absolute Gasteiger partial charge is 0.213 e. The highest BCUT2D eigenvalue weighted by Crippen LogP contribution is 1.99. The fraction of sp³-hybridized carbons (Fsp3) is 0.312. The van der Waals surface area contributed by atoms with E-state index in [0.717, 1.165) is 11.3 Å². The third-order valence-corrected chi connectivity index (χ3v) is 4.56. The average Bonchev–Trinajstić information content (AvgIpc) is 3.10.